The molecule has 10 nitrogen and oxygen atoms in total. The van der Waals surface area contributed by atoms with Gasteiger partial charge >= 0.3 is 17.5 Å². The molecule has 2 aliphatic rings. The molecule has 0 aliphatic carbocycles. The molecular weight excluding hydrogens is 430 g/mol. The molecule has 1 atom stereocenters. The molecule has 0 saturated carbocycles. The number of nitrogens with zero attached hydrogens (tertiary/aromatic N) is 2. The SMILES string of the molecule is O=C1NCC2CN(S(=O)(=O)c3cc4[nH]c(=O)[nH]c4cc3Br)CCN2C1=O. The van der Waals surface area contributed by atoms with Crippen LogP contribution in [0.25, 0.3) is 11.0 Å². The van der Waals surface area contributed by atoms with E-state index in [0.29, 0.717) is 15.5 Å². The lowest BCUT2D eigenvalue weighted by Crippen LogP contribution is -2.65. The van der Waals surface area contributed by atoms with Crippen LogP contribution in [0.1, 0.15) is 0 Å². The molecule has 0 spiro atoms. The first-order valence-electron chi connectivity index (χ1n) is 7.78. The number of H-pyrrole nitrogens is 2. The number of rotatable bonds is 2. The van der Waals surface area contributed by atoms with Crippen molar-refractivity contribution in [2.24, 2.45) is 0 Å². The lowest BCUT2D eigenvalue weighted by atomic mass is 10.1. The fraction of sp³-hybridized carbons (Fsp3) is 0.357. The molecule has 26 heavy (non-hydrogen) atoms. The molecule has 2 aromatic rings. The number of fused-ring (bicyclic) bond motifs is 2. The molecule has 1 aromatic heterocycles. The van der Waals surface area contributed by atoms with Crippen molar-refractivity contribution in [2.75, 3.05) is 26.2 Å². The predicted octanol–water partition coefficient (Wildman–Crippen LogP) is -1.05. The smallest absolute Gasteiger partial charge is 0.323 e. The summed E-state index contributed by atoms with van der Waals surface area (Å²) >= 11 is 3.25. The van der Waals surface area contributed by atoms with E-state index < -0.39 is 33.6 Å². The highest BCUT2D eigenvalue weighted by Crippen LogP contribution is 2.29. The Hall–Kier alpha value is -2.18. The Morgan fingerprint density at radius 3 is 2.50 bits per heavy atom. The Morgan fingerprint density at radius 1 is 1.08 bits per heavy atom. The van der Waals surface area contributed by atoms with E-state index >= 15 is 0 Å². The van der Waals surface area contributed by atoms with E-state index in [1.165, 1.54) is 21.3 Å². The minimum atomic E-state index is -3.86. The normalized spacial score (nSPS) is 21.7. The quantitative estimate of drug-likeness (QED) is 0.508. The topological polar surface area (TPSA) is 135 Å². The number of sulfonamides is 1. The lowest BCUT2D eigenvalue weighted by molar-refractivity contribution is -0.151. The Bertz CT molecular complexity index is 1090. The monoisotopic (exact) mass is 443 g/mol. The van der Waals surface area contributed by atoms with Gasteiger partial charge in [0.2, 0.25) is 10.0 Å². The van der Waals surface area contributed by atoms with Crippen LogP contribution < -0.4 is 11.0 Å². The second-order valence-corrected chi connectivity index (χ2v) is 8.89. The van der Waals surface area contributed by atoms with E-state index in [-0.39, 0.29) is 31.1 Å². The molecule has 4 rings (SSSR count). The molecule has 2 aliphatic heterocycles. The number of aromatic nitrogens is 2. The van der Waals surface area contributed by atoms with Crippen LogP contribution in [0.4, 0.5) is 0 Å². The van der Waals surface area contributed by atoms with Gasteiger partial charge in [-0.05, 0) is 28.1 Å². The number of hydrogen-bond acceptors (Lipinski definition) is 5. The van der Waals surface area contributed by atoms with Crippen LogP contribution in [0, 0.1) is 0 Å². The Labute approximate surface area is 155 Å². The molecule has 2 saturated heterocycles. The number of amides is 2. The van der Waals surface area contributed by atoms with Gasteiger partial charge in [0.15, 0.2) is 0 Å². The molecule has 0 radical (unpaired) electrons. The number of carbonyl (C=O) groups excluding carboxylic acids is 2. The van der Waals surface area contributed by atoms with Crippen LogP contribution in [0.15, 0.2) is 26.3 Å². The highest BCUT2D eigenvalue weighted by atomic mass is 79.9. The molecule has 3 N–H and O–H groups in total. The van der Waals surface area contributed by atoms with Gasteiger partial charge in [-0.15, -0.1) is 0 Å². The summed E-state index contributed by atoms with van der Waals surface area (Å²) in [4.78, 5) is 41.3. The van der Waals surface area contributed by atoms with E-state index in [9.17, 15) is 22.8 Å². The second kappa shape index (κ2) is 5.93. The number of benzene rings is 1. The van der Waals surface area contributed by atoms with Crippen molar-refractivity contribution in [3.63, 3.8) is 0 Å². The van der Waals surface area contributed by atoms with Gasteiger partial charge in [-0.3, -0.25) is 9.59 Å². The summed E-state index contributed by atoms with van der Waals surface area (Å²) in [6, 6.07) is 2.52. The third kappa shape index (κ3) is 2.64. The first kappa shape index (κ1) is 17.2. The lowest BCUT2D eigenvalue weighted by Gasteiger charge is -2.42. The summed E-state index contributed by atoms with van der Waals surface area (Å²) in [5.74, 6) is -1.30. The van der Waals surface area contributed by atoms with Gasteiger partial charge in [-0.25, -0.2) is 13.2 Å². The maximum Gasteiger partial charge on any atom is 0.323 e. The summed E-state index contributed by atoms with van der Waals surface area (Å²) in [5.41, 5.74) is 0.452. The van der Waals surface area contributed by atoms with Gasteiger partial charge in [0.05, 0.1) is 22.0 Å². The zero-order chi connectivity index (χ0) is 18.6. The highest BCUT2D eigenvalue weighted by Gasteiger charge is 2.41. The van der Waals surface area contributed by atoms with Crippen molar-refractivity contribution in [1.82, 2.24) is 24.5 Å². The van der Waals surface area contributed by atoms with Crippen molar-refractivity contribution >= 4 is 48.8 Å². The standard InChI is InChI=1S/C14H14BrN5O5S/c15-8-3-9-10(18-14(23)17-9)4-11(8)26(24,25)19-1-2-20-7(6-19)5-16-12(21)13(20)22/h3-4,7H,1-2,5-6H2,(H,16,21)(H2,17,18,23). The predicted molar refractivity (Wildman–Crippen MR) is 93.9 cm³/mol. The zero-order valence-electron chi connectivity index (χ0n) is 13.3. The number of halogens is 1. The Balaban J connectivity index is 1.67. The summed E-state index contributed by atoms with van der Waals surface area (Å²) < 4.78 is 27.8. The average molecular weight is 444 g/mol. The first-order chi connectivity index (χ1) is 12.3. The fourth-order valence-corrected chi connectivity index (χ4v) is 5.77. The number of aromatic amines is 2. The van der Waals surface area contributed by atoms with Gasteiger partial charge in [0, 0.05) is 30.7 Å². The van der Waals surface area contributed by atoms with E-state index in [1.54, 1.807) is 0 Å². The van der Waals surface area contributed by atoms with E-state index in [0.717, 1.165) is 0 Å². The molecule has 138 valence electrons. The largest absolute Gasteiger partial charge is 0.346 e. The molecule has 0 bridgehead atoms. The first-order valence-corrected chi connectivity index (χ1v) is 10.0. The van der Waals surface area contributed by atoms with Crippen LogP contribution in [0.5, 0.6) is 0 Å². The van der Waals surface area contributed by atoms with E-state index in [4.69, 9.17) is 0 Å². The van der Waals surface area contributed by atoms with Crippen molar-refractivity contribution in [3.05, 3.63) is 27.1 Å². The summed E-state index contributed by atoms with van der Waals surface area (Å²) in [6.07, 6.45) is 0. The molecule has 2 fully saturated rings. The third-order valence-electron chi connectivity index (χ3n) is 4.59. The van der Waals surface area contributed by atoms with Crippen LogP contribution in [0.3, 0.4) is 0 Å². The molecule has 3 heterocycles. The molecule has 2 amide bonds. The number of piperazine rings is 2. The Kier molecular flexibility index (Phi) is 3.93. The van der Waals surface area contributed by atoms with Gasteiger partial charge in [0.1, 0.15) is 0 Å². The van der Waals surface area contributed by atoms with Crippen LogP contribution in [-0.2, 0) is 19.6 Å². The summed E-state index contributed by atoms with van der Waals surface area (Å²) in [6.45, 7) is 0.535. The highest BCUT2D eigenvalue weighted by molar-refractivity contribution is 9.10. The Morgan fingerprint density at radius 2 is 1.77 bits per heavy atom. The van der Waals surface area contributed by atoms with Crippen molar-refractivity contribution in [1.29, 1.82) is 0 Å². The number of imidazole rings is 1. The third-order valence-corrected chi connectivity index (χ3v) is 7.41. The van der Waals surface area contributed by atoms with Gasteiger partial charge < -0.3 is 20.2 Å². The van der Waals surface area contributed by atoms with Crippen molar-refractivity contribution in [2.45, 2.75) is 10.9 Å². The van der Waals surface area contributed by atoms with Crippen LogP contribution in [-0.4, -0.2) is 71.6 Å². The summed E-state index contributed by atoms with van der Waals surface area (Å²) in [5, 5.41) is 2.48. The van der Waals surface area contributed by atoms with Crippen LogP contribution >= 0.6 is 15.9 Å². The number of carbonyl (C=O) groups is 2. The van der Waals surface area contributed by atoms with Gasteiger partial charge in [-0.2, -0.15) is 4.31 Å². The molecule has 12 heteroatoms. The fourth-order valence-electron chi connectivity index (χ4n) is 3.28. The minimum absolute atomic E-state index is 0.0277. The number of hydrogen-bond donors (Lipinski definition) is 3. The van der Waals surface area contributed by atoms with Crippen LogP contribution in [0.2, 0.25) is 0 Å². The van der Waals surface area contributed by atoms with Gasteiger partial charge in [-0.1, -0.05) is 0 Å². The zero-order valence-corrected chi connectivity index (χ0v) is 15.7. The summed E-state index contributed by atoms with van der Waals surface area (Å²) in [7, 11) is -3.86. The molecule has 1 unspecified atom stereocenters. The minimum Gasteiger partial charge on any atom is -0.346 e. The van der Waals surface area contributed by atoms with E-state index in [1.807, 2.05) is 0 Å². The average Bonchev–Trinajstić information content (AvgIpc) is 2.96. The number of nitrogens with one attached hydrogen (secondary N) is 3. The molecular formula is C14H14BrN5O5S. The van der Waals surface area contributed by atoms with Crippen molar-refractivity contribution < 1.29 is 18.0 Å². The maximum atomic E-state index is 13.1. The van der Waals surface area contributed by atoms with Gasteiger partial charge in [0.25, 0.3) is 0 Å². The van der Waals surface area contributed by atoms with E-state index in [2.05, 4.69) is 31.2 Å². The second-order valence-electron chi connectivity index (χ2n) is 6.13. The van der Waals surface area contributed by atoms with Crippen molar-refractivity contribution in [3.8, 4) is 0 Å². The maximum absolute atomic E-state index is 13.1. The molecule has 1 aromatic carbocycles.